The lowest BCUT2D eigenvalue weighted by atomic mass is 10.6. The predicted octanol–water partition coefficient (Wildman–Crippen LogP) is 0.897. The standard InChI is InChI=1S/C4H4F3NO2/c5-4(6,7)9-3-1-2-8-10-3/h1-3,8H. The monoisotopic (exact) mass is 155 g/mol. The zero-order chi connectivity index (χ0) is 7.61. The number of nitrogens with one attached hydrogen (secondary N) is 1. The molecule has 0 aliphatic carbocycles. The predicted molar refractivity (Wildman–Crippen MR) is 24.3 cm³/mol. The molecule has 1 aliphatic rings. The molecule has 1 aliphatic heterocycles. The van der Waals surface area contributed by atoms with Gasteiger partial charge in [0, 0.05) is 6.20 Å². The van der Waals surface area contributed by atoms with Gasteiger partial charge in [0.05, 0.1) is 0 Å². The van der Waals surface area contributed by atoms with Crippen molar-refractivity contribution in [2.75, 3.05) is 0 Å². The summed E-state index contributed by atoms with van der Waals surface area (Å²) in [7, 11) is 0. The maximum Gasteiger partial charge on any atom is 0.525 e. The van der Waals surface area contributed by atoms with Crippen molar-refractivity contribution >= 4 is 0 Å². The molecule has 58 valence electrons. The number of alkyl halides is 3. The molecule has 0 aromatic heterocycles. The molecular formula is C4H4F3NO2. The topological polar surface area (TPSA) is 30.5 Å². The van der Waals surface area contributed by atoms with Gasteiger partial charge >= 0.3 is 6.36 Å². The third kappa shape index (κ3) is 2.24. The van der Waals surface area contributed by atoms with Crippen molar-refractivity contribution in [3.63, 3.8) is 0 Å². The van der Waals surface area contributed by atoms with Crippen molar-refractivity contribution < 1.29 is 22.7 Å². The molecule has 0 amide bonds. The summed E-state index contributed by atoms with van der Waals surface area (Å²) in [5.74, 6) is 0. The smallest absolute Gasteiger partial charge is 0.271 e. The van der Waals surface area contributed by atoms with Crippen LogP contribution in [0.1, 0.15) is 0 Å². The second-order valence-electron chi connectivity index (χ2n) is 1.53. The maximum absolute atomic E-state index is 11.3. The highest BCUT2D eigenvalue weighted by Gasteiger charge is 2.34. The molecule has 1 N–H and O–H groups in total. The average molecular weight is 155 g/mol. The van der Waals surface area contributed by atoms with Gasteiger partial charge < -0.3 is 0 Å². The lowest BCUT2D eigenvalue weighted by Gasteiger charge is -2.10. The number of rotatable bonds is 1. The van der Waals surface area contributed by atoms with E-state index in [1.165, 1.54) is 6.20 Å². The fourth-order valence-corrected chi connectivity index (χ4v) is 0.459. The summed E-state index contributed by atoms with van der Waals surface area (Å²) in [5, 5.41) is 0. The highest BCUT2D eigenvalue weighted by Crippen LogP contribution is 2.20. The molecule has 1 heterocycles. The van der Waals surface area contributed by atoms with Crippen LogP contribution in [0.3, 0.4) is 0 Å². The normalized spacial score (nSPS) is 24.9. The SMILES string of the molecule is FC(F)(F)OC1C=CNO1. The van der Waals surface area contributed by atoms with E-state index in [1.54, 1.807) is 0 Å². The van der Waals surface area contributed by atoms with Gasteiger partial charge in [-0.2, -0.15) is 0 Å². The van der Waals surface area contributed by atoms with Gasteiger partial charge in [0.2, 0.25) is 6.29 Å². The van der Waals surface area contributed by atoms with Crippen LogP contribution in [-0.4, -0.2) is 12.7 Å². The minimum atomic E-state index is -4.65. The summed E-state index contributed by atoms with van der Waals surface area (Å²) in [4.78, 5) is 4.23. The van der Waals surface area contributed by atoms with Gasteiger partial charge in [0.1, 0.15) is 0 Å². The van der Waals surface area contributed by atoms with Gasteiger partial charge in [-0.05, 0) is 6.08 Å². The average Bonchev–Trinajstić information content (AvgIpc) is 2.12. The van der Waals surface area contributed by atoms with E-state index in [4.69, 9.17) is 0 Å². The van der Waals surface area contributed by atoms with Crippen LogP contribution < -0.4 is 5.48 Å². The van der Waals surface area contributed by atoms with E-state index < -0.39 is 12.7 Å². The molecule has 0 saturated heterocycles. The molecule has 0 bridgehead atoms. The van der Waals surface area contributed by atoms with Gasteiger partial charge in [-0.25, -0.2) is 4.84 Å². The van der Waals surface area contributed by atoms with Gasteiger partial charge in [-0.1, -0.05) is 0 Å². The van der Waals surface area contributed by atoms with E-state index in [0.29, 0.717) is 0 Å². The molecule has 0 aromatic rings. The van der Waals surface area contributed by atoms with Crippen molar-refractivity contribution in [2.24, 2.45) is 0 Å². The Hall–Kier alpha value is -0.750. The Labute approximate surface area is 54.4 Å². The number of hydrogen-bond acceptors (Lipinski definition) is 3. The van der Waals surface area contributed by atoms with Crippen molar-refractivity contribution in [2.45, 2.75) is 12.7 Å². The van der Waals surface area contributed by atoms with E-state index in [2.05, 4.69) is 15.1 Å². The van der Waals surface area contributed by atoms with Gasteiger partial charge in [0.15, 0.2) is 0 Å². The molecule has 10 heavy (non-hydrogen) atoms. The first kappa shape index (κ1) is 7.36. The zero-order valence-electron chi connectivity index (χ0n) is 4.68. The summed E-state index contributed by atoms with van der Waals surface area (Å²) in [6, 6.07) is 0. The first-order valence-corrected chi connectivity index (χ1v) is 2.40. The molecule has 0 aromatic carbocycles. The van der Waals surface area contributed by atoms with Crippen molar-refractivity contribution in [3.05, 3.63) is 12.3 Å². The first-order valence-electron chi connectivity index (χ1n) is 2.40. The molecular weight excluding hydrogens is 151 g/mol. The Morgan fingerprint density at radius 2 is 2.20 bits per heavy atom. The molecule has 1 unspecified atom stereocenters. The summed E-state index contributed by atoms with van der Waals surface area (Å²) in [6.07, 6.45) is -3.69. The summed E-state index contributed by atoms with van der Waals surface area (Å²) in [6.45, 7) is 0. The fraction of sp³-hybridized carbons (Fsp3) is 0.500. The molecule has 1 atom stereocenters. The largest absolute Gasteiger partial charge is 0.525 e. The first-order chi connectivity index (χ1) is 4.58. The lowest BCUT2D eigenvalue weighted by molar-refractivity contribution is -0.370. The van der Waals surface area contributed by atoms with Crippen LogP contribution in [-0.2, 0) is 9.57 Å². The van der Waals surface area contributed by atoms with Crippen molar-refractivity contribution in [1.82, 2.24) is 5.48 Å². The summed E-state index contributed by atoms with van der Waals surface area (Å²) < 4.78 is 37.5. The zero-order valence-corrected chi connectivity index (χ0v) is 4.68. The van der Waals surface area contributed by atoms with E-state index in [0.717, 1.165) is 6.08 Å². The quantitative estimate of drug-likeness (QED) is 0.610. The third-order valence-corrected chi connectivity index (χ3v) is 0.755. The molecule has 0 saturated carbocycles. The molecule has 0 radical (unpaired) electrons. The number of hydrogen-bond donors (Lipinski definition) is 1. The second kappa shape index (κ2) is 2.47. The lowest BCUT2D eigenvalue weighted by Crippen LogP contribution is -2.24. The Balaban J connectivity index is 2.31. The maximum atomic E-state index is 11.3. The molecule has 6 heteroatoms. The number of halogens is 3. The number of hydroxylamine groups is 1. The van der Waals surface area contributed by atoms with Crippen molar-refractivity contribution in [1.29, 1.82) is 0 Å². The highest BCUT2D eigenvalue weighted by atomic mass is 19.4. The van der Waals surface area contributed by atoms with Crippen LogP contribution in [0.25, 0.3) is 0 Å². The van der Waals surface area contributed by atoms with Crippen LogP contribution in [0.15, 0.2) is 12.3 Å². The van der Waals surface area contributed by atoms with E-state index in [-0.39, 0.29) is 0 Å². The Bertz CT molecular complexity index is 144. The van der Waals surface area contributed by atoms with E-state index in [9.17, 15) is 13.2 Å². The minimum absolute atomic E-state index is 1.10. The van der Waals surface area contributed by atoms with Crippen molar-refractivity contribution in [3.8, 4) is 0 Å². The Morgan fingerprint density at radius 1 is 1.50 bits per heavy atom. The molecule has 1 rings (SSSR count). The molecule has 0 spiro atoms. The van der Waals surface area contributed by atoms with Crippen LogP contribution in [0.2, 0.25) is 0 Å². The van der Waals surface area contributed by atoms with E-state index >= 15 is 0 Å². The van der Waals surface area contributed by atoms with Gasteiger partial charge in [-0.3, -0.25) is 10.2 Å². The molecule has 3 nitrogen and oxygen atoms in total. The Kier molecular flexibility index (Phi) is 1.82. The van der Waals surface area contributed by atoms with Crippen LogP contribution in [0.4, 0.5) is 13.2 Å². The van der Waals surface area contributed by atoms with Gasteiger partial charge in [-0.15, -0.1) is 13.2 Å². The number of ether oxygens (including phenoxy) is 1. The minimum Gasteiger partial charge on any atom is -0.271 e. The fourth-order valence-electron chi connectivity index (χ4n) is 0.459. The summed E-state index contributed by atoms with van der Waals surface area (Å²) >= 11 is 0. The third-order valence-electron chi connectivity index (χ3n) is 0.755. The van der Waals surface area contributed by atoms with Crippen LogP contribution in [0, 0.1) is 0 Å². The molecule has 0 fully saturated rings. The van der Waals surface area contributed by atoms with Gasteiger partial charge in [0.25, 0.3) is 0 Å². The Morgan fingerprint density at radius 3 is 2.60 bits per heavy atom. The van der Waals surface area contributed by atoms with Crippen LogP contribution >= 0.6 is 0 Å². The summed E-state index contributed by atoms with van der Waals surface area (Å²) in [5.41, 5.74) is 2.09. The van der Waals surface area contributed by atoms with E-state index in [1.807, 2.05) is 0 Å². The second-order valence-corrected chi connectivity index (χ2v) is 1.53. The highest BCUT2D eigenvalue weighted by molar-refractivity contribution is 4.85. The van der Waals surface area contributed by atoms with Crippen LogP contribution in [0.5, 0.6) is 0 Å².